The molecule has 2 rings (SSSR count). The van der Waals surface area contributed by atoms with E-state index in [4.69, 9.17) is 4.74 Å². The average Bonchev–Trinajstić information content (AvgIpc) is 2.71. The second-order valence-electron chi connectivity index (χ2n) is 6.07. The maximum Gasteiger partial charge on any atom is 0.273 e. The van der Waals surface area contributed by atoms with Gasteiger partial charge in [0.1, 0.15) is 5.75 Å². The number of benzene rings is 2. The first kappa shape index (κ1) is 21.0. The highest BCUT2D eigenvalue weighted by atomic mass is 16.5. The summed E-state index contributed by atoms with van der Waals surface area (Å²) in [6, 6.07) is 13.2. The molecule has 7 nitrogen and oxygen atoms in total. The van der Waals surface area contributed by atoms with Gasteiger partial charge in [0.25, 0.3) is 11.8 Å². The molecule has 28 heavy (non-hydrogen) atoms. The molecule has 0 saturated carbocycles. The number of unbranched alkanes of at least 4 members (excludes halogenated alkanes) is 1. The Morgan fingerprint density at radius 2 is 1.57 bits per heavy atom. The lowest BCUT2D eigenvalue weighted by Crippen LogP contribution is -2.41. The zero-order valence-corrected chi connectivity index (χ0v) is 16.1. The van der Waals surface area contributed by atoms with Crippen molar-refractivity contribution in [2.45, 2.75) is 33.1 Å². The summed E-state index contributed by atoms with van der Waals surface area (Å²) in [6.07, 6.45) is 2.25. The van der Waals surface area contributed by atoms with E-state index in [0.717, 1.165) is 12.8 Å². The molecule has 0 aromatic heterocycles. The molecule has 0 spiro atoms. The Morgan fingerprint density at radius 3 is 2.25 bits per heavy atom. The van der Waals surface area contributed by atoms with Gasteiger partial charge in [-0.3, -0.25) is 25.2 Å². The zero-order chi connectivity index (χ0) is 20.4. The number of hydrazine groups is 1. The van der Waals surface area contributed by atoms with Gasteiger partial charge in [-0.15, -0.1) is 0 Å². The number of carbonyl (C=O) groups excluding carboxylic acids is 3. The summed E-state index contributed by atoms with van der Waals surface area (Å²) in [5.74, 6) is -0.553. The van der Waals surface area contributed by atoms with E-state index in [2.05, 4.69) is 16.2 Å². The third-order valence-electron chi connectivity index (χ3n) is 3.91. The van der Waals surface area contributed by atoms with E-state index in [1.54, 1.807) is 48.5 Å². The summed E-state index contributed by atoms with van der Waals surface area (Å²) < 4.78 is 5.41. The summed E-state index contributed by atoms with van der Waals surface area (Å²) >= 11 is 0. The van der Waals surface area contributed by atoms with Gasteiger partial charge < -0.3 is 10.1 Å². The molecule has 0 aliphatic rings. The van der Waals surface area contributed by atoms with E-state index in [0.29, 0.717) is 35.6 Å². The first-order chi connectivity index (χ1) is 13.5. The van der Waals surface area contributed by atoms with Crippen molar-refractivity contribution in [1.82, 2.24) is 10.9 Å². The van der Waals surface area contributed by atoms with Crippen LogP contribution in [0.2, 0.25) is 0 Å². The van der Waals surface area contributed by atoms with Crippen LogP contribution in [0.5, 0.6) is 5.75 Å². The second kappa shape index (κ2) is 10.7. The fourth-order valence-electron chi connectivity index (χ4n) is 2.45. The van der Waals surface area contributed by atoms with Crippen LogP contribution >= 0.6 is 0 Å². The standard InChI is InChI=1S/C21H25N3O4/c1-3-5-10-19(25)22-16-13-11-15(12-14-16)20(26)23-24-21(27)17-8-6-7-9-18(17)28-4-2/h6-9,11-14H,3-5,10H2,1-2H3,(H,22,25)(H,23,26)(H,24,27). The van der Waals surface area contributed by atoms with Crippen LogP contribution in [0, 0.1) is 0 Å². The molecule has 0 aliphatic heterocycles. The molecule has 0 fully saturated rings. The lowest BCUT2D eigenvalue weighted by atomic mass is 10.2. The van der Waals surface area contributed by atoms with Crippen molar-refractivity contribution in [3.63, 3.8) is 0 Å². The largest absolute Gasteiger partial charge is 0.493 e. The molecule has 0 atom stereocenters. The fourth-order valence-corrected chi connectivity index (χ4v) is 2.45. The molecule has 0 radical (unpaired) electrons. The highest BCUT2D eigenvalue weighted by Gasteiger charge is 2.13. The van der Waals surface area contributed by atoms with Crippen LogP contribution in [0.4, 0.5) is 5.69 Å². The van der Waals surface area contributed by atoms with Crippen LogP contribution in [0.25, 0.3) is 0 Å². The Balaban J connectivity index is 1.91. The van der Waals surface area contributed by atoms with Gasteiger partial charge in [0.15, 0.2) is 0 Å². The summed E-state index contributed by atoms with van der Waals surface area (Å²) in [6.45, 7) is 4.28. The lowest BCUT2D eigenvalue weighted by molar-refractivity contribution is -0.116. The molecule has 2 aromatic rings. The molecular weight excluding hydrogens is 358 g/mol. The molecule has 0 saturated heterocycles. The molecule has 2 aromatic carbocycles. The number of nitrogens with one attached hydrogen (secondary N) is 3. The van der Waals surface area contributed by atoms with Crippen molar-refractivity contribution in [3.8, 4) is 5.75 Å². The predicted molar refractivity (Wildman–Crippen MR) is 107 cm³/mol. The van der Waals surface area contributed by atoms with Gasteiger partial charge in [0.05, 0.1) is 12.2 Å². The molecule has 3 amide bonds. The minimum Gasteiger partial charge on any atom is -0.493 e. The minimum atomic E-state index is -0.475. The van der Waals surface area contributed by atoms with Crippen LogP contribution in [-0.2, 0) is 4.79 Å². The number of para-hydroxylation sites is 1. The van der Waals surface area contributed by atoms with Gasteiger partial charge in [0.2, 0.25) is 5.91 Å². The first-order valence-electron chi connectivity index (χ1n) is 9.27. The average molecular weight is 383 g/mol. The molecule has 3 N–H and O–H groups in total. The quantitative estimate of drug-likeness (QED) is 0.610. The first-order valence-corrected chi connectivity index (χ1v) is 9.27. The number of rotatable bonds is 8. The third-order valence-corrected chi connectivity index (χ3v) is 3.91. The topological polar surface area (TPSA) is 96.5 Å². The molecule has 7 heteroatoms. The molecule has 0 unspecified atom stereocenters. The molecular formula is C21H25N3O4. The number of ether oxygens (including phenoxy) is 1. The van der Waals surface area contributed by atoms with Crippen LogP contribution in [-0.4, -0.2) is 24.3 Å². The van der Waals surface area contributed by atoms with Gasteiger partial charge in [0, 0.05) is 17.7 Å². The Bertz CT molecular complexity index is 819. The van der Waals surface area contributed by atoms with E-state index in [-0.39, 0.29) is 5.91 Å². The van der Waals surface area contributed by atoms with Crippen molar-refractivity contribution in [2.75, 3.05) is 11.9 Å². The van der Waals surface area contributed by atoms with E-state index in [1.807, 2.05) is 13.8 Å². The van der Waals surface area contributed by atoms with Crippen LogP contribution in [0.15, 0.2) is 48.5 Å². The van der Waals surface area contributed by atoms with Gasteiger partial charge in [-0.1, -0.05) is 25.5 Å². The van der Waals surface area contributed by atoms with E-state index in [9.17, 15) is 14.4 Å². The van der Waals surface area contributed by atoms with Crippen molar-refractivity contribution in [3.05, 3.63) is 59.7 Å². The number of carbonyl (C=O) groups is 3. The summed E-state index contributed by atoms with van der Waals surface area (Å²) in [4.78, 5) is 36.2. The number of hydrogen-bond acceptors (Lipinski definition) is 4. The summed E-state index contributed by atoms with van der Waals surface area (Å²) in [5, 5.41) is 2.78. The number of hydrogen-bond donors (Lipinski definition) is 3. The summed E-state index contributed by atoms with van der Waals surface area (Å²) in [7, 11) is 0. The predicted octanol–water partition coefficient (Wildman–Crippen LogP) is 3.29. The Kier molecular flexibility index (Phi) is 8.02. The van der Waals surface area contributed by atoms with Gasteiger partial charge >= 0.3 is 0 Å². The normalized spacial score (nSPS) is 10.1. The van der Waals surface area contributed by atoms with Crippen molar-refractivity contribution < 1.29 is 19.1 Å². The van der Waals surface area contributed by atoms with Gasteiger partial charge in [-0.2, -0.15) is 0 Å². The Morgan fingerprint density at radius 1 is 0.893 bits per heavy atom. The molecule has 0 aliphatic carbocycles. The third kappa shape index (κ3) is 6.12. The SMILES string of the molecule is CCCCC(=O)Nc1ccc(C(=O)NNC(=O)c2ccccc2OCC)cc1. The smallest absolute Gasteiger partial charge is 0.273 e. The van der Waals surface area contributed by atoms with E-state index in [1.165, 1.54) is 0 Å². The van der Waals surface area contributed by atoms with Crippen molar-refractivity contribution in [2.24, 2.45) is 0 Å². The van der Waals surface area contributed by atoms with Crippen LogP contribution in [0.3, 0.4) is 0 Å². The highest BCUT2D eigenvalue weighted by molar-refractivity contribution is 6.00. The molecule has 148 valence electrons. The fraction of sp³-hybridized carbons (Fsp3) is 0.286. The second-order valence-corrected chi connectivity index (χ2v) is 6.07. The maximum absolute atomic E-state index is 12.3. The Labute approximate surface area is 164 Å². The molecule has 0 bridgehead atoms. The lowest BCUT2D eigenvalue weighted by Gasteiger charge is -2.11. The maximum atomic E-state index is 12.3. The Hall–Kier alpha value is -3.35. The number of anilines is 1. The van der Waals surface area contributed by atoms with Gasteiger partial charge in [-0.25, -0.2) is 0 Å². The summed E-state index contributed by atoms with van der Waals surface area (Å²) in [5.41, 5.74) is 6.05. The number of amides is 3. The van der Waals surface area contributed by atoms with E-state index < -0.39 is 11.8 Å². The van der Waals surface area contributed by atoms with Crippen molar-refractivity contribution >= 4 is 23.4 Å². The van der Waals surface area contributed by atoms with E-state index >= 15 is 0 Å². The minimum absolute atomic E-state index is 0.0562. The van der Waals surface area contributed by atoms with Gasteiger partial charge in [-0.05, 0) is 49.7 Å². The van der Waals surface area contributed by atoms with Crippen LogP contribution in [0.1, 0.15) is 53.8 Å². The monoisotopic (exact) mass is 383 g/mol. The molecule has 0 heterocycles. The zero-order valence-electron chi connectivity index (χ0n) is 16.1. The van der Waals surface area contributed by atoms with Crippen molar-refractivity contribution in [1.29, 1.82) is 0 Å². The van der Waals surface area contributed by atoms with Crippen LogP contribution < -0.4 is 20.9 Å². The highest BCUT2D eigenvalue weighted by Crippen LogP contribution is 2.17.